The van der Waals surface area contributed by atoms with Crippen LogP contribution in [-0.2, 0) is 0 Å². The highest BCUT2D eigenvalue weighted by Gasteiger charge is 2.47. The van der Waals surface area contributed by atoms with Crippen molar-refractivity contribution >= 4 is 17.3 Å². The first-order chi connectivity index (χ1) is 16.7. The Morgan fingerprint density at radius 2 is 1.09 bits per heavy atom. The van der Waals surface area contributed by atoms with Gasteiger partial charge in [-0.25, -0.2) is 0 Å². The number of rotatable bonds is 6. The summed E-state index contributed by atoms with van der Waals surface area (Å²) in [6.07, 6.45) is 0. The molecule has 0 bridgehead atoms. The summed E-state index contributed by atoms with van der Waals surface area (Å²) in [6, 6.07) is 38.1. The van der Waals surface area contributed by atoms with E-state index in [2.05, 4.69) is 4.90 Å². The average molecular weight is 444 g/mol. The minimum Gasteiger partial charge on any atom is -0.366 e. The molecule has 3 nitrogen and oxygen atoms in total. The molecule has 0 spiro atoms. The largest absolute Gasteiger partial charge is 0.366 e. The van der Waals surface area contributed by atoms with Crippen LogP contribution in [0.25, 0.3) is 5.70 Å². The van der Waals surface area contributed by atoms with Crippen LogP contribution in [0.1, 0.15) is 37.9 Å². The molecule has 34 heavy (non-hydrogen) atoms. The van der Waals surface area contributed by atoms with Crippen LogP contribution in [-0.4, -0.2) is 23.5 Å². The molecule has 0 amide bonds. The highest BCUT2D eigenvalue weighted by molar-refractivity contribution is 6.19. The van der Waals surface area contributed by atoms with Crippen LogP contribution in [0.5, 0.6) is 0 Å². The van der Waals surface area contributed by atoms with E-state index in [0.717, 1.165) is 16.8 Å². The van der Waals surface area contributed by atoms with Crippen LogP contribution in [0.2, 0.25) is 0 Å². The molecule has 0 saturated heterocycles. The molecular weight excluding hydrogens is 418 g/mol. The summed E-state index contributed by atoms with van der Waals surface area (Å²) in [4.78, 5) is 30.3. The summed E-state index contributed by atoms with van der Waals surface area (Å²) in [7, 11) is 1.98. The van der Waals surface area contributed by atoms with Gasteiger partial charge in [0.05, 0.1) is 17.7 Å². The molecule has 0 N–H and O–H groups in total. The van der Waals surface area contributed by atoms with Crippen molar-refractivity contribution in [2.75, 3.05) is 7.05 Å². The third kappa shape index (κ3) is 3.86. The zero-order valence-electron chi connectivity index (χ0n) is 19.0. The first-order valence-corrected chi connectivity index (χ1v) is 11.4. The summed E-state index contributed by atoms with van der Waals surface area (Å²) < 4.78 is 0. The number of carbonyl (C=O) groups excluding carboxylic acids is 2. The molecule has 5 rings (SSSR count). The molecule has 0 saturated carbocycles. The summed E-state index contributed by atoms with van der Waals surface area (Å²) in [6.45, 7) is 0. The van der Waals surface area contributed by atoms with E-state index < -0.39 is 5.92 Å². The predicted octanol–water partition coefficient (Wildman–Crippen LogP) is 6.47. The van der Waals surface area contributed by atoms with Crippen molar-refractivity contribution in [1.29, 1.82) is 0 Å². The highest BCUT2D eigenvalue weighted by atomic mass is 16.1. The quantitative estimate of drug-likeness (QED) is 0.321. The summed E-state index contributed by atoms with van der Waals surface area (Å²) in [5.41, 5.74) is 4.46. The van der Waals surface area contributed by atoms with Crippen LogP contribution in [0.15, 0.2) is 127 Å². The van der Waals surface area contributed by atoms with Crippen molar-refractivity contribution in [3.8, 4) is 0 Å². The van der Waals surface area contributed by atoms with Gasteiger partial charge in [-0.05, 0) is 11.1 Å². The van der Waals surface area contributed by atoms with E-state index in [-0.39, 0.29) is 17.6 Å². The van der Waals surface area contributed by atoms with Crippen molar-refractivity contribution in [2.24, 2.45) is 5.92 Å². The Morgan fingerprint density at radius 1 is 0.618 bits per heavy atom. The standard InChI is InChI=1S/C31H25NO2/c1-32-28(22-14-6-2-7-15-22)26(30(33)24-18-10-4-11-19-24)27(29(32)23-16-8-3-9-17-23)31(34)25-20-12-5-13-21-25/h2-21,26,28H,1H3/t26?,28-/m1/s1. The lowest BCUT2D eigenvalue weighted by Crippen LogP contribution is -2.29. The maximum absolute atomic E-state index is 14.1. The Balaban J connectivity index is 1.76. The van der Waals surface area contributed by atoms with Crippen molar-refractivity contribution in [1.82, 2.24) is 4.90 Å². The van der Waals surface area contributed by atoms with Gasteiger partial charge < -0.3 is 4.90 Å². The zero-order chi connectivity index (χ0) is 23.5. The lowest BCUT2D eigenvalue weighted by molar-refractivity contribution is 0.0875. The molecule has 166 valence electrons. The van der Waals surface area contributed by atoms with E-state index in [1.165, 1.54) is 0 Å². The molecule has 1 unspecified atom stereocenters. The second-order valence-corrected chi connectivity index (χ2v) is 8.50. The monoisotopic (exact) mass is 443 g/mol. The van der Waals surface area contributed by atoms with Crippen molar-refractivity contribution in [3.05, 3.63) is 149 Å². The maximum Gasteiger partial charge on any atom is 0.191 e. The van der Waals surface area contributed by atoms with Gasteiger partial charge in [-0.3, -0.25) is 9.59 Å². The second kappa shape index (κ2) is 9.32. The number of nitrogens with zero attached hydrogens (tertiary/aromatic N) is 1. The smallest absolute Gasteiger partial charge is 0.191 e. The van der Waals surface area contributed by atoms with Gasteiger partial charge in [0.1, 0.15) is 0 Å². The fourth-order valence-corrected chi connectivity index (χ4v) is 4.93. The Kier molecular flexibility index (Phi) is 5.92. The van der Waals surface area contributed by atoms with Gasteiger partial charge in [0.25, 0.3) is 0 Å². The van der Waals surface area contributed by atoms with Crippen molar-refractivity contribution in [3.63, 3.8) is 0 Å². The van der Waals surface area contributed by atoms with Gasteiger partial charge in [-0.2, -0.15) is 0 Å². The molecule has 1 aliphatic heterocycles. The third-order valence-corrected chi connectivity index (χ3v) is 6.46. The van der Waals surface area contributed by atoms with E-state index in [1.54, 1.807) is 0 Å². The molecule has 0 fully saturated rings. The number of hydrogen-bond donors (Lipinski definition) is 0. The molecule has 0 aromatic heterocycles. The molecule has 4 aromatic rings. The van der Waals surface area contributed by atoms with Gasteiger partial charge >= 0.3 is 0 Å². The van der Waals surface area contributed by atoms with Gasteiger partial charge in [0.15, 0.2) is 11.6 Å². The van der Waals surface area contributed by atoms with Crippen LogP contribution in [0, 0.1) is 5.92 Å². The number of hydrogen-bond acceptors (Lipinski definition) is 3. The van der Waals surface area contributed by atoms with Crippen LogP contribution in [0.3, 0.4) is 0 Å². The van der Waals surface area contributed by atoms with E-state index in [1.807, 2.05) is 128 Å². The summed E-state index contributed by atoms with van der Waals surface area (Å²) in [5, 5.41) is 0. The SMILES string of the molecule is CN1C(c2ccccc2)=C(C(=O)c2ccccc2)C(C(=O)c2ccccc2)[C@H]1c1ccccc1. The van der Waals surface area contributed by atoms with E-state index >= 15 is 0 Å². The molecule has 3 heteroatoms. The fraction of sp³-hybridized carbons (Fsp3) is 0.0968. The van der Waals surface area contributed by atoms with Gasteiger partial charge in [0, 0.05) is 23.7 Å². The highest BCUT2D eigenvalue weighted by Crippen LogP contribution is 2.48. The Morgan fingerprint density at radius 3 is 1.65 bits per heavy atom. The van der Waals surface area contributed by atoms with E-state index in [4.69, 9.17) is 0 Å². The van der Waals surface area contributed by atoms with Gasteiger partial charge in [-0.1, -0.05) is 121 Å². The molecule has 0 aliphatic carbocycles. The number of Topliss-reactive ketones (excluding diaryl/α,β-unsaturated/α-hetero) is 2. The molecule has 0 radical (unpaired) electrons. The van der Waals surface area contributed by atoms with Gasteiger partial charge in [0.2, 0.25) is 0 Å². The Labute approximate surface area is 200 Å². The topological polar surface area (TPSA) is 37.4 Å². The van der Waals surface area contributed by atoms with Gasteiger partial charge in [-0.15, -0.1) is 0 Å². The minimum atomic E-state index is -0.641. The van der Waals surface area contributed by atoms with Crippen LogP contribution >= 0.6 is 0 Å². The van der Waals surface area contributed by atoms with E-state index in [0.29, 0.717) is 16.7 Å². The molecule has 2 atom stereocenters. The summed E-state index contributed by atoms with van der Waals surface area (Å²) in [5.74, 6) is -0.803. The first-order valence-electron chi connectivity index (χ1n) is 11.4. The fourth-order valence-electron chi connectivity index (χ4n) is 4.93. The van der Waals surface area contributed by atoms with Crippen molar-refractivity contribution in [2.45, 2.75) is 6.04 Å². The molecular formula is C31H25NO2. The van der Waals surface area contributed by atoms with Crippen LogP contribution in [0.4, 0.5) is 0 Å². The summed E-state index contributed by atoms with van der Waals surface area (Å²) >= 11 is 0. The predicted molar refractivity (Wildman–Crippen MR) is 135 cm³/mol. The molecule has 1 heterocycles. The zero-order valence-corrected chi connectivity index (χ0v) is 19.0. The number of carbonyl (C=O) groups is 2. The average Bonchev–Trinajstić information content (AvgIpc) is 3.22. The Bertz CT molecular complexity index is 1330. The Hall–Kier alpha value is -4.24. The number of benzene rings is 4. The second-order valence-electron chi connectivity index (χ2n) is 8.50. The first kappa shape index (κ1) is 21.6. The van der Waals surface area contributed by atoms with E-state index in [9.17, 15) is 9.59 Å². The minimum absolute atomic E-state index is 0.0495. The lowest BCUT2D eigenvalue weighted by Gasteiger charge is -2.29. The third-order valence-electron chi connectivity index (χ3n) is 6.46. The van der Waals surface area contributed by atoms with Crippen molar-refractivity contribution < 1.29 is 9.59 Å². The lowest BCUT2D eigenvalue weighted by atomic mass is 9.80. The molecule has 1 aliphatic rings. The number of ketones is 2. The van der Waals surface area contributed by atoms with Crippen LogP contribution < -0.4 is 0 Å². The normalized spacial score (nSPS) is 17.6. The maximum atomic E-state index is 14.1. The molecule has 4 aromatic carbocycles.